The van der Waals surface area contributed by atoms with E-state index < -0.39 is 12.1 Å². The van der Waals surface area contributed by atoms with E-state index in [1.807, 2.05) is 6.33 Å². The predicted octanol–water partition coefficient (Wildman–Crippen LogP) is 1.97. The van der Waals surface area contributed by atoms with Crippen LogP contribution in [-0.4, -0.2) is 45.4 Å². The first kappa shape index (κ1) is 20.9. The number of imidazole rings is 1. The van der Waals surface area contributed by atoms with E-state index in [-0.39, 0.29) is 12.0 Å². The van der Waals surface area contributed by atoms with Crippen molar-refractivity contribution in [2.45, 2.75) is 52.1 Å². The highest BCUT2D eigenvalue weighted by Crippen LogP contribution is 2.13. The molecule has 1 fully saturated rings. The highest BCUT2D eigenvalue weighted by molar-refractivity contribution is 5.80. The van der Waals surface area contributed by atoms with Crippen molar-refractivity contribution in [3.8, 4) is 0 Å². The highest BCUT2D eigenvalue weighted by atomic mass is 19.4. The van der Waals surface area contributed by atoms with Gasteiger partial charge >= 0.3 is 12.1 Å². The lowest BCUT2D eigenvalue weighted by atomic mass is 10.2. The van der Waals surface area contributed by atoms with E-state index in [0.29, 0.717) is 19.1 Å². The summed E-state index contributed by atoms with van der Waals surface area (Å²) in [5, 5.41) is 10.0. The standard InChI is InChI=1S/C13H21N3O2.C2HF3O2/c1-10(2)8-16-9-14-6-11(16)7-15-13(17)12-4-3-5-18-12;3-2(4,5)1(6)7/h6,9-10,12H,3-5,7-8H2,1-2H3,(H,15,17);(H,6,7). The number of hydrogen-bond acceptors (Lipinski definition) is 4. The minimum absolute atomic E-state index is 0.00945. The van der Waals surface area contributed by atoms with Crippen LogP contribution in [0.1, 0.15) is 32.4 Å². The molecule has 1 aliphatic rings. The molecule has 0 saturated carbocycles. The molecule has 10 heteroatoms. The molecule has 0 radical (unpaired) electrons. The molecular formula is C15H22F3N3O4. The van der Waals surface area contributed by atoms with Crippen molar-refractivity contribution >= 4 is 11.9 Å². The zero-order valence-corrected chi connectivity index (χ0v) is 14.0. The molecule has 0 spiro atoms. The third-order valence-electron chi connectivity index (χ3n) is 3.27. The number of ether oxygens (including phenoxy) is 1. The number of nitrogens with one attached hydrogen (secondary N) is 1. The van der Waals surface area contributed by atoms with Crippen LogP contribution >= 0.6 is 0 Å². The molecule has 1 aliphatic heterocycles. The monoisotopic (exact) mass is 365 g/mol. The average molecular weight is 365 g/mol. The summed E-state index contributed by atoms with van der Waals surface area (Å²) >= 11 is 0. The predicted molar refractivity (Wildman–Crippen MR) is 81.6 cm³/mol. The van der Waals surface area contributed by atoms with Gasteiger partial charge in [0.15, 0.2) is 0 Å². The van der Waals surface area contributed by atoms with Gasteiger partial charge in [0, 0.05) is 19.3 Å². The Bertz CT molecular complexity index is 567. The minimum atomic E-state index is -5.08. The Kier molecular flexibility index (Phi) is 7.88. The number of carbonyl (C=O) groups excluding carboxylic acids is 1. The van der Waals surface area contributed by atoms with Crippen molar-refractivity contribution in [1.82, 2.24) is 14.9 Å². The lowest BCUT2D eigenvalue weighted by Gasteiger charge is -2.13. The Hall–Kier alpha value is -2.10. The van der Waals surface area contributed by atoms with Gasteiger partial charge in [-0.1, -0.05) is 13.8 Å². The first-order valence-corrected chi connectivity index (χ1v) is 7.79. The smallest absolute Gasteiger partial charge is 0.475 e. The Morgan fingerprint density at radius 1 is 1.48 bits per heavy atom. The maximum absolute atomic E-state index is 11.8. The normalized spacial score (nSPS) is 17.1. The fraction of sp³-hybridized carbons (Fsp3) is 0.667. The molecule has 1 amide bonds. The topological polar surface area (TPSA) is 93.5 Å². The van der Waals surface area contributed by atoms with Gasteiger partial charge in [-0.25, -0.2) is 9.78 Å². The number of carboxylic acid groups (broad SMARTS) is 1. The molecule has 2 rings (SSSR count). The van der Waals surface area contributed by atoms with E-state index in [4.69, 9.17) is 14.6 Å². The molecule has 25 heavy (non-hydrogen) atoms. The summed E-state index contributed by atoms with van der Waals surface area (Å²) < 4.78 is 39.2. The van der Waals surface area contributed by atoms with E-state index in [1.165, 1.54) is 0 Å². The van der Waals surface area contributed by atoms with Crippen molar-refractivity contribution in [2.75, 3.05) is 6.61 Å². The van der Waals surface area contributed by atoms with Crippen molar-refractivity contribution in [2.24, 2.45) is 5.92 Å². The summed E-state index contributed by atoms with van der Waals surface area (Å²) in [4.78, 5) is 24.8. The van der Waals surface area contributed by atoms with Crippen molar-refractivity contribution in [3.63, 3.8) is 0 Å². The van der Waals surface area contributed by atoms with Crippen LogP contribution in [0.2, 0.25) is 0 Å². The summed E-state index contributed by atoms with van der Waals surface area (Å²) in [6.45, 7) is 6.46. The summed E-state index contributed by atoms with van der Waals surface area (Å²) in [6.07, 6.45) is 0.0816. The lowest BCUT2D eigenvalue weighted by molar-refractivity contribution is -0.192. The van der Waals surface area contributed by atoms with Gasteiger partial charge < -0.3 is 19.7 Å². The SMILES string of the molecule is CC(C)Cn1cncc1CNC(=O)C1CCCO1.O=C(O)C(F)(F)F. The Morgan fingerprint density at radius 3 is 2.60 bits per heavy atom. The number of carboxylic acids is 1. The number of amides is 1. The molecule has 1 aromatic rings. The molecule has 1 aromatic heterocycles. The molecular weight excluding hydrogens is 343 g/mol. The van der Waals surface area contributed by atoms with Gasteiger partial charge in [0.1, 0.15) is 6.10 Å². The van der Waals surface area contributed by atoms with Crippen LogP contribution in [0.4, 0.5) is 13.2 Å². The Morgan fingerprint density at radius 2 is 2.12 bits per heavy atom. The first-order valence-electron chi connectivity index (χ1n) is 7.79. The maximum atomic E-state index is 11.8. The fourth-order valence-corrected chi connectivity index (χ4v) is 2.13. The molecule has 1 saturated heterocycles. The zero-order valence-electron chi connectivity index (χ0n) is 14.0. The van der Waals surface area contributed by atoms with Crippen LogP contribution in [0.15, 0.2) is 12.5 Å². The molecule has 0 aromatic carbocycles. The minimum Gasteiger partial charge on any atom is -0.475 e. The molecule has 7 nitrogen and oxygen atoms in total. The zero-order chi connectivity index (χ0) is 19.0. The van der Waals surface area contributed by atoms with Crippen LogP contribution in [-0.2, 0) is 27.4 Å². The van der Waals surface area contributed by atoms with Gasteiger partial charge in [0.05, 0.1) is 18.6 Å². The van der Waals surface area contributed by atoms with Gasteiger partial charge in [-0.3, -0.25) is 4.79 Å². The first-order chi connectivity index (χ1) is 11.6. The van der Waals surface area contributed by atoms with Gasteiger partial charge in [0.2, 0.25) is 5.91 Å². The van der Waals surface area contributed by atoms with Gasteiger partial charge in [0.25, 0.3) is 0 Å². The number of aromatic nitrogens is 2. The summed E-state index contributed by atoms with van der Waals surface area (Å²) in [7, 11) is 0. The summed E-state index contributed by atoms with van der Waals surface area (Å²) in [6, 6.07) is 0. The third-order valence-corrected chi connectivity index (χ3v) is 3.27. The van der Waals surface area contributed by atoms with Crippen LogP contribution in [0.3, 0.4) is 0 Å². The third kappa shape index (κ3) is 7.55. The van der Waals surface area contributed by atoms with E-state index in [9.17, 15) is 18.0 Å². The summed E-state index contributed by atoms with van der Waals surface area (Å²) in [5.41, 5.74) is 1.04. The molecule has 1 atom stereocenters. The largest absolute Gasteiger partial charge is 0.490 e. The molecule has 2 heterocycles. The molecule has 142 valence electrons. The number of nitrogens with zero attached hydrogens (tertiary/aromatic N) is 2. The lowest BCUT2D eigenvalue weighted by Crippen LogP contribution is -2.34. The van der Waals surface area contributed by atoms with E-state index in [0.717, 1.165) is 25.1 Å². The number of aliphatic carboxylic acids is 1. The van der Waals surface area contributed by atoms with E-state index in [2.05, 4.69) is 28.7 Å². The van der Waals surface area contributed by atoms with Gasteiger partial charge in [-0.05, 0) is 18.8 Å². The second kappa shape index (κ2) is 9.40. The highest BCUT2D eigenvalue weighted by Gasteiger charge is 2.38. The van der Waals surface area contributed by atoms with E-state index in [1.54, 1.807) is 6.20 Å². The fourth-order valence-electron chi connectivity index (χ4n) is 2.13. The Labute approximate surface area is 143 Å². The molecule has 0 bridgehead atoms. The molecule has 0 aliphatic carbocycles. The number of carbonyl (C=O) groups is 2. The van der Waals surface area contributed by atoms with Crippen molar-refractivity contribution in [1.29, 1.82) is 0 Å². The molecule has 1 unspecified atom stereocenters. The van der Waals surface area contributed by atoms with Crippen LogP contribution in [0.25, 0.3) is 0 Å². The summed E-state index contributed by atoms with van der Waals surface area (Å²) in [5.74, 6) is -2.20. The van der Waals surface area contributed by atoms with Crippen LogP contribution in [0, 0.1) is 5.92 Å². The van der Waals surface area contributed by atoms with Crippen LogP contribution in [0.5, 0.6) is 0 Å². The van der Waals surface area contributed by atoms with Crippen LogP contribution < -0.4 is 5.32 Å². The Balaban J connectivity index is 0.000000381. The van der Waals surface area contributed by atoms with Gasteiger partial charge in [-0.2, -0.15) is 13.2 Å². The van der Waals surface area contributed by atoms with Crippen molar-refractivity contribution < 1.29 is 32.6 Å². The van der Waals surface area contributed by atoms with E-state index >= 15 is 0 Å². The number of alkyl halides is 3. The second-order valence-corrected chi connectivity index (χ2v) is 5.95. The average Bonchev–Trinajstić information content (AvgIpc) is 3.15. The number of rotatable bonds is 5. The number of halogens is 3. The quantitative estimate of drug-likeness (QED) is 0.832. The second-order valence-electron chi connectivity index (χ2n) is 5.95. The maximum Gasteiger partial charge on any atom is 0.490 e. The van der Waals surface area contributed by atoms with Crippen molar-refractivity contribution in [3.05, 3.63) is 18.2 Å². The number of hydrogen-bond donors (Lipinski definition) is 2. The molecule has 2 N–H and O–H groups in total. The van der Waals surface area contributed by atoms with Gasteiger partial charge in [-0.15, -0.1) is 0 Å².